The maximum atomic E-state index is 5.66. The van der Waals surface area contributed by atoms with Crippen LogP contribution in [-0.2, 0) is 23.9 Å². The average Bonchev–Trinajstić information content (AvgIpc) is 2.99. The molecule has 1 N–H and O–H groups in total. The van der Waals surface area contributed by atoms with Crippen molar-refractivity contribution in [2.45, 2.75) is 12.0 Å². The van der Waals surface area contributed by atoms with Crippen molar-refractivity contribution in [3.8, 4) is 0 Å². The summed E-state index contributed by atoms with van der Waals surface area (Å²) in [5.41, 5.74) is 1.85. The first kappa shape index (κ1) is 16.9. The Hall–Kier alpha value is -1.48. The molecule has 1 aromatic carbocycles. The monoisotopic (exact) mass is 310 g/mol. The summed E-state index contributed by atoms with van der Waals surface area (Å²) >= 11 is 0. The van der Waals surface area contributed by atoms with E-state index in [4.69, 9.17) is 23.9 Å². The highest BCUT2D eigenvalue weighted by atomic mass is 17.0. The second kappa shape index (κ2) is 7.19. The lowest BCUT2D eigenvalue weighted by atomic mass is 10.0. The van der Waals surface area contributed by atoms with Crippen molar-refractivity contribution in [2.24, 2.45) is 0 Å². The largest absolute Gasteiger partial charge is 0.369 e. The molecule has 7 nitrogen and oxygen atoms in total. The summed E-state index contributed by atoms with van der Waals surface area (Å²) in [5.74, 6) is -1.41. The SMILES string of the molecule is COC(c1c[nH]c2ccccc12)C(OC)(OC)N(OC)OC. The number of rotatable bonds is 8. The molecule has 2 aromatic rings. The number of nitrogens with one attached hydrogen (secondary N) is 1. The smallest absolute Gasteiger partial charge is 0.308 e. The van der Waals surface area contributed by atoms with Gasteiger partial charge in [-0.1, -0.05) is 18.2 Å². The second-order valence-electron chi connectivity index (χ2n) is 4.57. The zero-order valence-electron chi connectivity index (χ0n) is 13.5. The van der Waals surface area contributed by atoms with E-state index in [9.17, 15) is 0 Å². The Balaban J connectivity index is 2.56. The number of benzene rings is 1. The van der Waals surface area contributed by atoms with Crippen LogP contribution in [0.1, 0.15) is 11.7 Å². The van der Waals surface area contributed by atoms with Gasteiger partial charge in [0, 0.05) is 44.0 Å². The van der Waals surface area contributed by atoms with Crippen LogP contribution < -0.4 is 0 Å². The molecule has 122 valence electrons. The molecule has 1 unspecified atom stereocenters. The molecular weight excluding hydrogens is 288 g/mol. The summed E-state index contributed by atoms with van der Waals surface area (Å²) in [4.78, 5) is 13.6. The number of fused-ring (bicyclic) bond motifs is 1. The van der Waals surface area contributed by atoms with E-state index in [2.05, 4.69) is 4.98 Å². The number of hydrogen-bond acceptors (Lipinski definition) is 6. The van der Waals surface area contributed by atoms with Gasteiger partial charge in [-0.25, -0.2) is 0 Å². The standard InChI is InChI=1S/C15H22N2O5/c1-18-14(15(19-2,20-3)17(21-4)22-5)12-10-16-13-9-7-6-8-11(12)13/h6-10,14,16H,1-5H3. The van der Waals surface area contributed by atoms with E-state index in [1.165, 1.54) is 28.4 Å². The fourth-order valence-corrected chi connectivity index (χ4v) is 2.65. The van der Waals surface area contributed by atoms with Gasteiger partial charge < -0.3 is 19.2 Å². The number of H-pyrrole nitrogens is 1. The lowest BCUT2D eigenvalue weighted by Crippen LogP contribution is -2.55. The summed E-state index contributed by atoms with van der Waals surface area (Å²) in [6.07, 6.45) is 1.23. The summed E-state index contributed by atoms with van der Waals surface area (Å²) in [6.45, 7) is 0. The first-order chi connectivity index (χ1) is 10.7. The van der Waals surface area contributed by atoms with Gasteiger partial charge in [0.2, 0.25) is 0 Å². The van der Waals surface area contributed by atoms with Gasteiger partial charge >= 0.3 is 5.91 Å². The molecule has 2 rings (SSSR count). The molecule has 0 spiro atoms. The lowest BCUT2D eigenvalue weighted by Gasteiger charge is -2.41. The van der Waals surface area contributed by atoms with Crippen molar-refractivity contribution in [3.05, 3.63) is 36.0 Å². The molecule has 1 heterocycles. The third kappa shape index (κ3) is 2.63. The van der Waals surface area contributed by atoms with Crippen LogP contribution in [0.3, 0.4) is 0 Å². The highest BCUT2D eigenvalue weighted by Crippen LogP contribution is 2.39. The van der Waals surface area contributed by atoms with Gasteiger partial charge in [-0.05, 0) is 11.3 Å². The number of nitrogens with zero attached hydrogens (tertiary/aromatic N) is 1. The number of ether oxygens (including phenoxy) is 3. The number of aromatic nitrogens is 1. The molecule has 0 fully saturated rings. The third-order valence-electron chi connectivity index (χ3n) is 3.64. The lowest BCUT2D eigenvalue weighted by molar-refractivity contribution is -0.518. The van der Waals surface area contributed by atoms with E-state index in [1.54, 1.807) is 7.11 Å². The van der Waals surface area contributed by atoms with Gasteiger partial charge in [-0.3, -0.25) is 9.68 Å². The van der Waals surface area contributed by atoms with Crippen LogP contribution in [0.5, 0.6) is 0 Å². The molecule has 0 saturated heterocycles. The predicted molar refractivity (Wildman–Crippen MR) is 80.7 cm³/mol. The Kier molecular flexibility index (Phi) is 5.52. The van der Waals surface area contributed by atoms with Crippen molar-refractivity contribution >= 4 is 10.9 Å². The van der Waals surface area contributed by atoms with Crippen LogP contribution in [0.25, 0.3) is 10.9 Å². The fourth-order valence-electron chi connectivity index (χ4n) is 2.65. The maximum Gasteiger partial charge on any atom is 0.308 e. The minimum Gasteiger partial charge on any atom is -0.369 e. The number of hydrogen-bond donors (Lipinski definition) is 1. The maximum absolute atomic E-state index is 5.66. The molecule has 7 heteroatoms. The molecule has 22 heavy (non-hydrogen) atoms. The Morgan fingerprint density at radius 3 is 2.18 bits per heavy atom. The number of aromatic amines is 1. The summed E-state index contributed by atoms with van der Waals surface area (Å²) in [6, 6.07) is 7.89. The van der Waals surface area contributed by atoms with Gasteiger partial charge in [0.1, 0.15) is 0 Å². The van der Waals surface area contributed by atoms with Crippen molar-refractivity contribution in [2.75, 3.05) is 35.5 Å². The van der Waals surface area contributed by atoms with Crippen molar-refractivity contribution in [1.82, 2.24) is 10.2 Å². The van der Waals surface area contributed by atoms with Crippen LogP contribution in [0.2, 0.25) is 0 Å². The van der Waals surface area contributed by atoms with Gasteiger partial charge in [-0.15, -0.1) is 0 Å². The van der Waals surface area contributed by atoms with E-state index < -0.39 is 12.0 Å². The Morgan fingerprint density at radius 2 is 1.64 bits per heavy atom. The molecular formula is C15H22N2O5. The number of methoxy groups -OCH3 is 3. The summed E-state index contributed by atoms with van der Waals surface area (Å²) < 4.78 is 16.8. The topological polar surface area (TPSA) is 65.2 Å². The molecule has 0 saturated carbocycles. The molecule has 1 atom stereocenters. The van der Waals surface area contributed by atoms with Gasteiger partial charge in [-0.2, -0.15) is 0 Å². The molecule has 0 bridgehead atoms. The highest BCUT2D eigenvalue weighted by molar-refractivity contribution is 5.83. The van der Waals surface area contributed by atoms with Crippen LogP contribution in [0.4, 0.5) is 0 Å². The third-order valence-corrected chi connectivity index (χ3v) is 3.64. The van der Waals surface area contributed by atoms with E-state index >= 15 is 0 Å². The van der Waals surface area contributed by atoms with E-state index in [-0.39, 0.29) is 0 Å². The summed E-state index contributed by atoms with van der Waals surface area (Å²) in [7, 11) is 7.48. The van der Waals surface area contributed by atoms with Crippen LogP contribution >= 0.6 is 0 Å². The van der Waals surface area contributed by atoms with Gasteiger partial charge in [0.05, 0.1) is 14.2 Å². The predicted octanol–water partition coefficient (Wildman–Crippen LogP) is 2.23. The average molecular weight is 310 g/mol. The Bertz CT molecular complexity index is 592. The minimum absolute atomic E-state index is 0.626. The van der Waals surface area contributed by atoms with E-state index in [0.717, 1.165) is 21.7 Å². The van der Waals surface area contributed by atoms with Gasteiger partial charge in [0.25, 0.3) is 0 Å². The van der Waals surface area contributed by atoms with Crippen LogP contribution in [0, 0.1) is 0 Å². The van der Waals surface area contributed by atoms with Crippen molar-refractivity contribution in [1.29, 1.82) is 0 Å². The van der Waals surface area contributed by atoms with E-state index in [0.29, 0.717) is 0 Å². The zero-order valence-corrected chi connectivity index (χ0v) is 13.5. The molecule has 0 amide bonds. The Morgan fingerprint density at radius 1 is 1.00 bits per heavy atom. The molecule has 1 aromatic heterocycles. The van der Waals surface area contributed by atoms with Crippen LogP contribution in [-0.4, -0.2) is 51.7 Å². The highest BCUT2D eigenvalue weighted by Gasteiger charge is 2.49. The number of para-hydroxylation sites is 1. The van der Waals surface area contributed by atoms with Crippen molar-refractivity contribution < 1.29 is 23.9 Å². The first-order valence-corrected chi connectivity index (χ1v) is 6.76. The van der Waals surface area contributed by atoms with Crippen molar-refractivity contribution in [3.63, 3.8) is 0 Å². The van der Waals surface area contributed by atoms with Crippen LogP contribution in [0.15, 0.2) is 30.5 Å². The summed E-state index contributed by atoms with van der Waals surface area (Å²) in [5, 5.41) is 2.11. The molecule has 0 aliphatic rings. The molecule has 0 aliphatic carbocycles. The minimum atomic E-state index is -1.41. The zero-order chi connectivity index (χ0) is 16.2. The first-order valence-electron chi connectivity index (χ1n) is 6.76. The van der Waals surface area contributed by atoms with Gasteiger partial charge in [0.15, 0.2) is 6.10 Å². The molecule has 0 radical (unpaired) electrons. The quantitative estimate of drug-likeness (QED) is 0.596. The number of hydroxylamine groups is 2. The fraction of sp³-hybridized carbons (Fsp3) is 0.467. The normalized spacial score (nSPS) is 13.9. The van der Waals surface area contributed by atoms with E-state index in [1.807, 2.05) is 30.5 Å². The Labute approximate surface area is 129 Å². The second-order valence-corrected chi connectivity index (χ2v) is 4.57. The molecule has 0 aliphatic heterocycles.